The summed E-state index contributed by atoms with van der Waals surface area (Å²) >= 11 is 9.07. The summed E-state index contributed by atoms with van der Waals surface area (Å²) < 4.78 is 0.586. The van der Waals surface area contributed by atoms with Crippen LogP contribution >= 0.6 is 27.5 Å². The van der Waals surface area contributed by atoms with Gasteiger partial charge in [0, 0.05) is 15.5 Å². The molecule has 0 saturated carbocycles. The van der Waals surface area contributed by atoms with Gasteiger partial charge in [-0.25, -0.2) is 0 Å². The Bertz CT molecular complexity index is 479. The minimum absolute atomic E-state index is 0.0786. The van der Waals surface area contributed by atoms with E-state index in [2.05, 4.69) is 21.2 Å². The van der Waals surface area contributed by atoms with Gasteiger partial charge in [0.15, 0.2) is 0 Å². The molecule has 19 heavy (non-hydrogen) atoms. The van der Waals surface area contributed by atoms with Crippen LogP contribution in [0.4, 0.5) is 0 Å². The summed E-state index contributed by atoms with van der Waals surface area (Å²) in [6.07, 6.45) is 1.36. The molecule has 1 aromatic rings. The number of nitrogens with one attached hydrogen (secondary N) is 1. The van der Waals surface area contributed by atoms with Gasteiger partial charge < -0.3 is 10.4 Å². The highest BCUT2D eigenvalue weighted by molar-refractivity contribution is 9.10. The lowest BCUT2D eigenvalue weighted by Crippen LogP contribution is -2.36. The van der Waals surface area contributed by atoms with Crippen LogP contribution in [-0.4, -0.2) is 23.0 Å². The van der Waals surface area contributed by atoms with Crippen molar-refractivity contribution in [3.8, 4) is 0 Å². The van der Waals surface area contributed by atoms with Crippen molar-refractivity contribution in [3.63, 3.8) is 0 Å². The summed E-state index contributed by atoms with van der Waals surface area (Å²) in [4.78, 5) is 22.8. The fraction of sp³-hybridized carbons (Fsp3) is 0.385. The van der Waals surface area contributed by atoms with Gasteiger partial charge >= 0.3 is 5.97 Å². The van der Waals surface area contributed by atoms with E-state index < -0.39 is 5.97 Å². The highest BCUT2D eigenvalue weighted by Gasteiger charge is 2.17. The summed E-state index contributed by atoms with van der Waals surface area (Å²) in [5.74, 6) is -1.22. The molecule has 6 heteroatoms. The number of carbonyl (C=O) groups excluding carboxylic acids is 1. The fourth-order valence-electron chi connectivity index (χ4n) is 1.72. The molecule has 0 spiro atoms. The number of carboxylic acids is 1. The molecule has 2 N–H and O–H groups in total. The molecule has 104 valence electrons. The first-order valence-corrected chi connectivity index (χ1v) is 7.08. The van der Waals surface area contributed by atoms with Crippen LogP contribution in [-0.2, 0) is 4.79 Å². The maximum absolute atomic E-state index is 12.1. The second-order valence-electron chi connectivity index (χ2n) is 4.18. The normalized spacial score (nSPS) is 11.9. The van der Waals surface area contributed by atoms with Crippen molar-refractivity contribution in [1.29, 1.82) is 0 Å². The van der Waals surface area contributed by atoms with Crippen LogP contribution in [0.5, 0.6) is 0 Å². The van der Waals surface area contributed by atoms with Crippen molar-refractivity contribution in [3.05, 3.63) is 33.3 Å². The molecule has 1 atom stereocenters. The molecule has 0 bridgehead atoms. The molecule has 1 rings (SSSR count). The average Bonchev–Trinajstić information content (AvgIpc) is 2.27. The van der Waals surface area contributed by atoms with Gasteiger partial charge in [0.25, 0.3) is 5.91 Å². The summed E-state index contributed by atoms with van der Waals surface area (Å²) in [6, 6.07) is 4.49. The molecule has 4 nitrogen and oxygen atoms in total. The van der Waals surface area contributed by atoms with Crippen molar-refractivity contribution in [2.75, 3.05) is 0 Å². The lowest BCUT2D eigenvalue weighted by molar-refractivity contribution is -0.137. The Labute approximate surface area is 125 Å². The largest absolute Gasteiger partial charge is 0.481 e. The van der Waals surface area contributed by atoms with E-state index in [-0.39, 0.29) is 18.4 Å². The van der Waals surface area contributed by atoms with Crippen molar-refractivity contribution in [2.45, 2.75) is 32.2 Å². The number of hydrogen-bond donors (Lipinski definition) is 2. The number of hydrogen-bond acceptors (Lipinski definition) is 2. The van der Waals surface area contributed by atoms with Crippen LogP contribution in [0, 0.1) is 0 Å². The summed E-state index contributed by atoms with van der Waals surface area (Å²) in [5, 5.41) is 12.1. The van der Waals surface area contributed by atoms with Crippen LogP contribution in [0.1, 0.15) is 36.5 Å². The highest BCUT2D eigenvalue weighted by atomic mass is 79.9. The van der Waals surface area contributed by atoms with E-state index in [4.69, 9.17) is 16.7 Å². The van der Waals surface area contributed by atoms with E-state index >= 15 is 0 Å². The summed E-state index contributed by atoms with van der Waals surface area (Å²) in [7, 11) is 0. The van der Waals surface area contributed by atoms with Gasteiger partial charge in [-0.3, -0.25) is 9.59 Å². The third kappa shape index (κ3) is 5.20. The molecule has 0 saturated heterocycles. The number of aliphatic carboxylic acids is 1. The second kappa shape index (κ2) is 7.50. The molecule has 0 aliphatic carbocycles. The number of amides is 1. The zero-order valence-electron chi connectivity index (χ0n) is 10.5. The average molecular weight is 349 g/mol. The van der Waals surface area contributed by atoms with Crippen LogP contribution in [0.15, 0.2) is 22.7 Å². The van der Waals surface area contributed by atoms with Gasteiger partial charge in [0.05, 0.1) is 12.0 Å². The third-order valence-corrected chi connectivity index (χ3v) is 3.46. The fourth-order valence-corrected chi connectivity index (χ4v) is 2.58. The maximum Gasteiger partial charge on any atom is 0.305 e. The molecular formula is C13H15BrClNO3. The number of carboxylic acid groups (broad SMARTS) is 1. The monoisotopic (exact) mass is 347 g/mol. The molecular weight excluding hydrogens is 334 g/mol. The molecule has 0 aliphatic rings. The lowest BCUT2D eigenvalue weighted by atomic mass is 10.1. The summed E-state index contributed by atoms with van der Waals surface area (Å²) in [6.45, 7) is 1.94. The highest BCUT2D eigenvalue weighted by Crippen LogP contribution is 2.21. The Morgan fingerprint density at radius 2 is 2.16 bits per heavy atom. The number of benzene rings is 1. The van der Waals surface area contributed by atoms with Crippen molar-refractivity contribution in [1.82, 2.24) is 5.32 Å². The lowest BCUT2D eigenvalue weighted by Gasteiger charge is -2.16. The molecule has 1 amide bonds. The number of carbonyl (C=O) groups is 2. The van der Waals surface area contributed by atoms with Crippen molar-refractivity contribution in [2.24, 2.45) is 0 Å². The van der Waals surface area contributed by atoms with E-state index in [9.17, 15) is 9.59 Å². The summed E-state index contributed by atoms with van der Waals surface area (Å²) in [5.41, 5.74) is 0.441. The van der Waals surface area contributed by atoms with Crippen molar-refractivity contribution >= 4 is 39.4 Å². The first-order chi connectivity index (χ1) is 8.93. The Morgan fingerprint density at radius 3 is 2.68 bits per heavy atom. The third-order valence-electron chi connectivity index (χ3n) is 2.57. The van der Waals surface area contributed by atoms with Crippen LogP contribution < -0.4 is 5.32 Å². The molecule has 0 fully saturated rings. The van der Waals surface area contributed by atoms with Crippen molar-refractivity contribution < 1.29 is 14.7 Å². The topological polar surface area (TPSA) is 66.4 Å². The standard InChI is InChI=1S/C13H15BrClNO3/c1-2-3-9(7-12(17)18)16-13(19)10-5-4-8(15)6-11(10)14/h4-6,9H,2-3,7H2,1H3,(H,16,19)(H,17,18). The quantitative estimate of drug-likeness (QED) is 0.827. The molecule has 0 aromatic heterocycles. The van der Waals surface area contributed by atoms with E-state index in [1.165, 1.54) is 0 Å². The Hall–Kier alpha value is -1.07. The van der Waals surface area contributed by atoms with Gasteiger partial charge in [-0.05, 0) is 40.5 Å². The maximum atomic E-state index is 12.1. The Kier molecular flexibility index (Phi) is 6.31. The molecule has 0 aliphatic heterocycles. The molecule has 1 aromatic carbocycles. The van der Waals surface area contributed by atoms with Gasteiger partial charge in [-0.15, -0.1) is 0 Å². The second-order valence-corrected chi connectivity index (χ2v) is 5.47. The van der Waals surface area contributed by atoms with Gasteiger partial charge in [-0.2, -0.15) is 0 Å². The minimum atomic E-state index is -0.922. The van der Waals surface area contributed by atoms with E-state index in [1.807, 2.05) is 6.92 Å². The zero-order valence-corrected chi connectivity index (χ0v) is 12.8. The molecule has 0 radical (unpaired) electrons. The van der Waals surface area contributed by atoms with Gasteiger partial charge in [-0.1, -0.05) is 24.9 Å². The zero-order chi connectivity index (χ0) is 14.4. The molecule has 1 unspecified atom stereocenters. The first-order valence-electron chi connectivity index (χ1n) is 5.91. The SMILES string of the molecule is CCCC(CC(=O)O)NC(=O)c1ccc(Cl)cc1Br. The minimum Gasteiger partial charge on any atom is -0.481 e. The first kappa shape index (κ1) is 16.0. The van der Waals surface area contributed by atoms with E-state index in [0.29, 0.717) is 21.5 Å². The Morgan fingerprint density at radius 1 is 1.47 bits per heavy atom. The molecule has 0 heterocycles. The van der Waals surface area contributed by atoms with Crippen LogP contribution in [0.25, 0.3) is 0 Å². The smallest absolute Gasteiger partial charge is 0.305 e. The van der Waals surface area contributed by atoms with Crippen LogP contribution in [0.2, 0.25) is 5.02 Å². The predicted octanol–water partition coefficient (Wildman–Crippen LogP) is 3.48. The van der Waals surface area contributed by atoms with Crippen LogP contribution in [0.3, 0.4) is 0 Å². The van der Waals surface area contributed by atoms with E-state index in [1.54, 1.807) is 18.2 Å². The number of halogens is 2. The predicted molar refractivity (Wildman–Crippen MR) is 77.6 cm³/mol. The number of rotatable bonds is 6. The van der Waals surface area contributed by atoms with Gasteiger partial charge in [0.1, 0.15) is 0 Å². The van der Waals surface area contributed by atoms with E-state index in [0.717, 1.165) is 6.42 Å². The van der Waals surface area contributed by atoms with Gasteiger partial charge in [0.2, 0.25) is 0 Å². The Balaban J connectivity index is 2.78.